The van der Waals surface area contributed by atoms with E-state index in [1.807, 2.05) is 0 Å². The third-order valence-electron chi connectivity index (χ3n) is 3.18. The van der Waals surface area contributed by atoms with Crippen LogP contribution in [0.15, 0.2) is 0 Å². The molecule has 0 unspecified atom stereocenters. The number of carbonyl (C=O) groups excluding carboxylic acids is 1. The van der Waals surface area contributed by atoms with E-state index in [4.69, 9.17) is 9.84 Å². The highest BCUT2D eigenvalue weighted by atomic mass is 19.4. The molecule has 0 aromatic heterocycles. The van der Waals surface area contributed by atoms with Gasteiger partial charge in [-0.3, -0.25) is 0 Å². The van der Waals surface area contributed by atoms with E-state index in [1.54, 1.807) is 0 Å². The smallest absolute Gasteiger partial charge is 0.406 e. The maximum atomic E-state index is 12.4. The van der Waals surface area contributed by atoms with Crippen LogP contribution in [0.3, 0.4) is 0 Å². The summed E-state index contributed by atoms with van der Waals surface area (Å²) < 4.78 is 42.2. The number of rotatable bonds is 5. The molecule has 122 valence electrons. The van der Waals surface area contributed by atoms with Gasteiger partial charge in [-0.1, -0.05) is 0 Å². The van der Waals surface area contributed by atoms with Crippen LogP contribution < -0.4 is 0 Å². The SMILES string of the molecule is CCN(CC(F)(F)F)C(=O)N1CCC(OCC(=O)O)CC1. The fraction of sp³-hybridized carbons (Fsp3) is 0.833. The van der Waals surface area contributed by atoms with E-state index in [-0.39, 0.29) is 25.7 Å². The molecule has 0 atom stereocenters. The summed E-state index contributed by atoms with van der Waals surface area (Å²) in [6.07, 6.45) is -3.86. The van der Waals surface area contributed by atoms with Crippen LogP contribution >= 0.6 is 0 Å². The normalized spacial score (nSPS) is 16.9. The molecule has 1 aliphatic rings. The molecule has 1 saturated heterocycles. The summed E-state index contributed by atoms with van der Waals surface area (Å²) in [4.78, 5) is 24.5. The number of hydrogen-bond donors (Lipinski definition) is 1. The minimum absolute atomic E-state index is 0.0201. The molecular weight excluding hydrogens is 293 g/mol. The number of amides is 2. The Hall–Kier alpha value is -1.51. The van der Waals surface area contributed by atoms with Crippen molar-refractivity contribution in [2.24, 2.45) is 0 Å². The highest BCUT2D eigenvalue weighted by molar-refractivity contribution is 5.74. The summed E-state index contributed by atoms with van der Waals surface area (Å²) in [5.74, 6) is -1.07. The molecule has 0 saturated carbocycles. The number of carbonyl (C=O) groups is 2. The predicted molar refractivity (Wildman–Crippen MR) is 66.9 cm³/mol. The average molecular weight is 312 g/mol. The summed E-state index contributed by atoms with van der Waals surface area (Å²) >= 11 is 0. The Kier molecular flexibility index (Phi) is 6.25. The molecular formula is C12H19F3N2O4. The van der Waals surface area contributed by atoms with Crippen LogP contribution in [0.5, 0.6) is 0 Å². The van der Waals surface area contributed by atoms with E-state index in [0.29, 0.717) is 12.8 Å². The van der Waals surface area contributed by atoms with Crippen molar-refractivity contribution < 1.29 is 32.6 Å². The summed E-state index contributed by atoms with van der Waals surface area (Å²) in [6, 6.07) is -0.647. The van der Waals surface area contributed by atoms with E-state index >= 15 is 0 Å². The molecule has 0 spiro atoms. The van der Waals surface area contributed by atoms with Gasteiger partial charge in [0, 0.05) is 19.6 Å². The largest absolute Gasteiger partial charge is 0.480 e. The van der Waals surface area contributed by atoms with Crippen LogP contribution in [0.25, 0.3) is 0 Å². The average Bonchev–Trinajstić information content (AvgIpc) is 2.41. The second-order valence-electron chi connectivity index (χ2n) is 4.80. The lowest BCUT2D eigenvalue weighted by Gasteiger charge is -2.35. The molecule has 1 N–H and O–H groups in total. The Balaban J connectivity index is 2.45. The first-order chi connectivity index (χ1) is 9.73. The van der Waals surface area contributed by atoms with E-state index in [1.165, 1.54) is 11.8 Å². The molecule has 1 aliphatic heterocycles. The molecule has 0 aliphatic carbocycles. The minimum atomic E-state index is -4.42. The number of aliphatic carboxylic acids is 1. The number of carboxylic acid groups (broad SMARTS) is 1. The summed E-state index contributed by atoms with van der Waals surface area (Å²) in [5.41, 5.74) is 0. The number of urea groups is 1. The number of hydrogen-bond acceptors (Lipinski definition) is 3. The standard InChI is InChI=1S/C12H19F3N2O4/c1-2-16(8-12(13,14)15)11(20)17-5-3-9(4-6-17)21-7-10(18)19/h9H,2-8H2,1H3,(H,18,19). The van der Waals surface area contributed by atoms with E-state index in [2.05, 4.69) is 0 Å². The lowest BCUT2D eigenvalue weighted by Crippen LogP contribution is -2.50. The molecule has 6 nitrogen and oxygen atoms in total. The van der Waals surface area contributed by atoms with Crippen LogP contribution in [0.2, 0.25) is 0 Å². The zero-order valence-electron chi connectivity index (χ0n) is 11.7. The monoisotopic (exact) mass is 312 g/mol. The summed E-state index contributed by atoms with van der Waals surface area (Å²) in [5, 5.41) is 8.49. The fourth-order valence-corrected chi connectivity index (χ4v) is 2.13. The molecule has 0 aromatic carbocycles. The van der Waals surface area contributed by atoms with Crippen molar-refractivity contribution in [2.45, 2.75) is 32.0 Å². The quantitative estimate of drug-likeness (QED) is 0.836. The van der Waals surface area contributed by atoms with Crippen molar-refractivity contribution in [1.82, 2.24) is 9.80 Å². The van der Waals surface area contributed by atoms with Gasteiger partial charge in [0.05, 0.1) is 6.10 Å². The molecule has 1 heterocycles. The Morgan fingerprint density at radius 3 is 2.33 bits per heavy atom. The number of likely N-dealkylation sites (tertiary alicyclic amines) is 1. The van der Waals surface area contributed by atoms with Crippen LogP contribution in [0, 0.1) is 0 Å². The fourth-order valence-electron chi connectivity index (χ4n) is 2.13. The van der Waals surface area contributed by atoms with Gasteiger partial charge in [-0.25, -0.2) is 9.59 Å². The van der Waals surface area contributed by atoms with Crippen LogP contribution in [-0.2, 0) is 9.53 Å². The maximum absolute atomic E-state index is 12.4. The van der Waals surface area contributed by atoms with E-state index in [0.717, 1.165) is 4.90 Å². The molecule has 2 amide bonds. The summed E-state index contributed by atoms with van der Waals surface area (Å²) in [7, 11) is 0. The van der Waals surface area contributed by atoms with Gasteiger partial charge in [-0.05, 0) is 19.8 Å². The van der Waals surface area contributed by atoms with Crippen molar-refractivity contribution in [3.63, 3.8) is 0 Å². The van der Waals surface area contributed by atoms with E-state index < -0.39 is 31.3 Å². The molecule has 0 radical (unpaired) electrons. The molecule has 1 fully saturated rings. The first-order valence-electron chi connectivity index (χ1n) is 6.67. The zero-order valence-corrected chi connectivity index (χ0v) is 11.7. The van der Waals surface area contributed by atoms with Crippen molar-refractivity contribution in [1.29, 1.82) is 0 Å². The number of alkyl halides is 3. The highest BCUT2D eigenvalue weighted by Crippen LogP contribution is 2.19. The van der Waals surface area contributed by atoms with Crippen LogP contribution in [0.4, 0.5) is 18.0 Å². The third kappa shape index (κ3) is 6.19. The first-order valence-corrected chi connectivity index (χ1v) is 6.67. The predicted octanol–water partition coefficient (Wildman–Crippen LogP) is 1.56. The van der Waals surface area contributed by atoms with E-state index in [9.17, 15) is 22.8 Å². The van der Waals surface area contributed by atoms with Gasteiger partial charge >= 0.3 is 18.2 Å². The number of piperidine rings is 1. The number of carboxylic acids is 1. The first kappa shape index (κ1) is 17.5. The van der Waals surface area contributed by atoms with Gasteiger partial charge in [0.15, 0.2) is 0 Å². The van der Waals surface area contributed by atoms with Crippen LogP contribution in [0.1, 0.15) is 19.8 Å². The Morgan fingerprint density at radius 1 is 1.33 bits per heavy atom. The highest BCUT2D eigenvalue weighted by Gasteiger charge is 2.34. The molecule has 1 rings (SSSR count). The lowest BCUT2D eigenvalue weighted by atomic mass is 10.1. The van der Waals surface area contributed by atoms with Crippen LogP contribution in [-0.4, -0.2) is 72.0 Å². The van der Waals surface area contributed by atoms with Crippen molar-refractivity contribution in [3.05, 3.63) is 0 Å². The van der Waals surface area contributed by atoms with Gasteiger partial charge in [-0.2, -0.15) is 13.2 Å². The number of ether oxygens (including phenoxy) is 1. The number of nitrogens with zero attached hydrogens (tertiary/aromatic N) is 2. The molecule has 0 bridgehead atoms. The molecule has 0 aromatic rings. The van der Waals surface area contributed by atoms with Crippen molar-refractivity contribution in [2.75, 3.05) is 32.8 Å². The van der Waals surface area contributed by atoms with Gasteiger partial charge in [0.1, 0.15) is 13.2 Å². The second kappa shape index (κ2) is 7.48. The second-order valence-corrected chi connectivity index (χ2v) is 4.80. The molecule has 9 heteroatoms. The van der Waals surface area contributed by atoms with Gasteiger partial charge in [0.2, 0.25) is 0 Å². The Morgan fingerprint density at radius 2 is 1.90 bits per heavy atom. The van der Waals surface area contributed by atoms with Crippen molar-refractivity contribution in [3.8, 4) is 0 Å². The van der Waals surface area contributed by atoms with Gasteiger partial charge in [0.25, 0.3) is 0 Å². The summed E-state index contributed by atoms with van der Waals surface area (Å²) in [6.45, 7) is 0.320. The van der Waals surface area contributed by atoms with Gasteiger partial charge in [-0.15, -0.1) is 0 Å². The Labute approximate surface area is 120 Å². The minimum Gasteiger partial charge on any atom is -0.480 e. The van der Waals surface area contributed by atoms with Crippen molar-refractivity contribution >= 4 is 12.0 Å². The maximum Gasteiger partial charge on any atom is 0.406 e. The van der Waals surface area contributed by atoms with Gasteiger partial charge < -0.3 is 19.6 Å². The topological polar surface area (TPSA) is 70.1 Å². The third-order valence-corrected chi connectivity index (χ3v) is 3.18. The Bertz CT molecular complexity index is 368. The molecule has 21 heavy (non-hydrogen) atoms. The lowest BCUT2D eigenvalue weighted by molar-refractivity contribution is -0.145. The zero-order chi connectivity index (χ0) is 16.0. The number of halogens is 3.